The predicted molar refractivity (Wildman–Crippen MR) is 395 cm³/mol. The molecule has 94 heavy (non-hydrogen) atoms. The van der Waals surface area contributed by atoms with Crippen LogP contribution < -0.4 is 39.2 Å². The molecule has 0 fully saturated rings. The number of ether oxygens (including phenoxy) is 2. The summed E-state index contributed by atoms with van der Waals surface area (Å²) in [5.41, 5.74) is 17.0. The van der Waals surface area contributed by atoms with Gasteiger partial charge >= 0.3 is 11.9 Å². The molecule has 0 bridgehead atoms. The number of anilines is 8. The highest BCUT2D eigenvalue weighted by Crippen LogP contribution is 2.52. The molecular formula is C82H86N8O4. The molecule has 9 aromatic carbocycles. The van der Waals surface area contributed by atoms with Gasteiger partial charge in [0.1, 0.15) is 0 Å². The molecule has 9 aromatic rings. The van der Waals surface area contributed by atoms with Crippen molar-refractivity contribution in [2.75, 3.05) is 152 Å². The van der Waals surface area contributed by atoms with Gasteiger partial charge in [0.2, 0.25) is 0 Å². The van der Waals surface area contributed by atoms with Crippen LogP contribution in [0.3, 0.4) is 0 Å². The Morgan fingerprint density at radius 2 is 0.383 bits per heavy atom. The number of rotatable bonds is 20. The van der Waals surface area contributed by atoms with Crippen LogP contribution in [0.4, 0.5) is 45.5 Å². The fourth-order valence-corrected chi connectivity index (χ4v) is 12.3. The third-order valence-corrected chi connectivity index (χ3v) is 18.0. The van der Waals surface area contributed by atoms with Gasteiger partial charge in [0, 0.05) is 169 Å². The summed E-state index contributed by atoms with van der Waals surface area (Å²) in [6, 6.07) is 71.2. The number of esters is 2. The maximum Gasteiger partial charge on any atom is 0.340 e. The average Bonchev–Trinajstić information content (AvgIpc) is 1.54. The molecule has 12 nitrogen and oxygen atoms in total. The second-order valence-electron chi connectivity index (χ2n) is 26.1. The molecule has 478 valence electrons. The Morgan fingerprint density at radius 1 is 0.245 bits per heavy atom. The lowest BCUT2D eigenvalue weighted by Gasteiger charge is -2.28. The van der Waals surface area contributed by atoms with E-state index < -0.39 is 23.1 Å². The molecule has 0 saturated heterocycles. The summed E-state index contributed by atoms with van der Waals surface area (Å²) in [6.45, 7) is 0. The molecule has 0 atom stereocenters. The summed E-state index contributed by atoms with van der Waals surface area (Å²) in [5, 5.41) is 0. The van der Waals surface area contributed by atoms with Crippen LogP contribution in [0.5, 0.6) is 0 Å². The van der Waals surface area contributed by atoms with Crippen molar-refractivity contribution in [1.29, 1.82) is 0 Å². The summed E-state index contributed by atoms with van der Waals surface area (Å²) < 4.78 is 14.5. The van der Waals surface area contributed by atoms with Crippen molar-refractivity contribution >= 4 is 79.7 Å². The number of nitrogens with zero attached hydrogens (tertiary/aromatic N) is 8. The Kier molecular flexibility index (Phi) is 18.3. The molecule has 11 rings (SSSR count). The highest BCUT2D eigenvalue weighted by Gasteiger charge is 2.50. The Balaban J connectivity index is 1.26. The van der Waals surface area contributed by atoms with Gasteiger partial charge in [-0.2, -0.15) is 0 Å². The predicted octanol–water partition coefficient (Wildman–Crippen LogP) is 15.5. The van der Waals surface area contributed by atoms with Crippen molar-refractivity contribution < 1.29 is 19.1 Å². The van der Waals surface area contributed by atoms with Crippen molar-refractivity contribution in [2.24, 2.45) is 0 Å². The first-order valence-electron chi connectivity index (χ1n) is 31.7. The van der Waals surface area contributed by atoms with Crippen LogP contribution in [-0.2, 0) is 20.7 Å². The molecule has 2 aliphatic rings. The highest BCUT2D eigenvalue weighted by molar-refractivity contribution is 6.04. The Morgan fingerprint density at radius 3 is 0.511 bits per heavy atom. The van der Waals surface area contributed by atoms with Crippen molar-refractivity contribution in [3.8, 4) is 0 Å². The molecule has 0 radical (unpaired) electrons. The van der Waals surface area contributed by atoms with Gasteiger partial charge in [0.15, 0.2) is 11.2 Å². The number of carbonyl (C=O) groups is 2. The van der Waals surface area contributed by atoms with Crippen molar-refractivity contribution in [3.05, 3.63) is 297 Å². The Labute approximate surface area is 556 Å². The van der Waals surface area contributed by atoms with Gasteiger partial charge < -0.3 is 48.7 Å². The van der Waals surface area contributed by atoms with Gasteiger partial charge in [-0.25, -0.2) is 9.59 Å². The summed E-state index contributed by atoms with van der Waals surface area (Å²) in [7, 11) is 32.4. The van der Waals surface area contributed by atoms with Crippen LogP contribution in [0.2, 0.25) is 0 Å². The van der Waals surface area contributed by atoms with E-state index in [1.807, 2.05) is 125 Å². The van der Waals surface area contributed by atoms with E-state index in [0.29, 0.717) is 22.3 Å². The standard InChI is InChI=1S/C82H86N8O4/c1-83(2)63-33-17-55(18-34-63)73(56-19-35-64(36-20-56)84(3)4)51-81(52-74(57-21-37-65(38-22-57)85(5)6)58-23-39-66(40-24-58)86(7)8)77-49-72-78(50-71(77)79(91)93-81)82(94-80(72)92,53-75(59-25-41-67(42-26-59)87(9)10)60-27-43-68(44-28-60)88(11)12)54-76(61-29-45-69(46-30-61)89(13)14)62-31-47-70(48-32-62)90(15)16/h17-54H,1-16H3. The zero-order valence-corrected chi connectivity index (χ0v) is 57.2. The molecular weight excluding hydrogens is 1160 g/mol. The van der Waals surface area contributed by atoms with E-state index >= 15 is 9.59 Å². The van der Waals surface area contributed by atoms with E-state index in [4.69, 9.17) is 9.47 Å². The van der Waals surface area contributed by atoms with Gasteiger partial charge in [-0.1, -0.05) is 97.1 Å². The van der Waals surface area contributed by atoms with Gasteiger partial charge in [0.25, 0.3) is 0 Å². The lowest BCUT2D eigenvalue weighted by Crippen LogP contribution is -2.23. The summed E-state index contributed by atoms with van der Waals surface area (Å²) in [4.78, 5) is 48.5. The van der Waals surface area contributed by atoms with Crippen molar-refractivity contribution in [2.45, 2.75) is 11.2 Å². The van der Waals surface area contributed by atoms with E-state index in [2.05, 4.69) is 258 Å². The smallest absolute Gasteiger partial charge is 0.340 e. The number of hydrogen-bond acceptors (Lipinski definition) is 12. The maximum absolute atomic E-state index is 16.0. The number of cyclic esters (lactones) is 2. The minimum Gasteiger partial charge on any atom is -0.442 e. The van der Waals surface area contributed by atoms with Crippen molar-refractivity contribution in [3.63, 3.8) is 0 Å². The molecule has 0 unspecified atom stereocenters. The third-order valence-electron chi connectivity index (χ3n) is 18.0. The van der Waals surface area contributed by atoms with E-state index in [9.17, 15) is 0 Å². The SMILES string of the molecule is CN(C)c1ccc(C(=CC2(C=C(c3ccc(N(C)C)cc3)c3ccc(N(C)C)cc3)OC(=O)c3cc4c(cc32)C(=O)OC4(C=C(c2ccc(N(C)C)cc2)c2ccc(N(C)C)cc2)C=C(c2ccc(N(C)C)cc2)c2ccc(N(C)C)cc2)c2ccc(N(C)C)cc2)cc1. The van der Waals surface area contributed by atoms with Gasteiger partial charge in [-0.3, -0.25) is 0 Å². The minimum absolute atomic E-state index is 0.297. The molecule has 0 saturated carbocycles. The highest BCUT2D eigenvalue weighted by atomic mass is 16.6. The molecule has 0 spiro atoms. The Bertz CT molecular complexity index is 3620. The summed E-state index contributed by atoms with van der Waals surface area (Å²) >= 11 is 0. The second kappa shape index (κ2) is 26.5. The summed E-state index contributed by atoms with van der Waals surface area (Å²) in [5.74, 6) is -1.11. The molecule has 2 heterocycles. The van der Waals surface area contributed by atoms with Crippen LogP contribution in [0.1, 0.15) is 76.4 Å². The first kappa shape index (κ1) is 64.8. The average molecular weight is 1250 g/mol. The molecule has 0 aromatic heterocycles. The molecule has 0 aliphatic carbocycles. The second-order valence-corrected chi connectivity index (χ2v) is 26.1. The van der Waals surface area contributed by atoms with Crippen LogP contribution >= 0.6 is 0 Å². The summed E-state index contributed by atoms with van der Waals surface area (Å²) in [6.07, 6.45) is 8.31. The number of carbonyl (C=O) groups excluding carboxylic acids is 2. The number of hydrogen-bond donors (Lipinski definition) is 0. The van der Waals surface area contributed by atoms with Crippen LogP contribution in [0.25, 0.3) is 22.3 Å². The molecule has 0 amide bonds. The fourth-order valence-electron chi connectivity index (χ4n) is 12.3. The minimum atomic E-state index is -1.65. The van der Waals surface area contributed by atoms with Crippen LogP contribution in [0.15, 0.2) is 231 Å². The van der Waals surface area contributed by atoms with Crippen molar-refractivity contribution in [1.82, 2.24) is 0 Å². The first-order valence-corrected chi connectivity index (χ1v) is 31.7. The zero-order valence-electron chi connectivity index (χ0n) is 57.2. The largest absolute Gasteiger partial charge is 0.442 e. The maximum atomic E-state index is 16.0. The molecule has 2 aliphatic heterocycles. The van der Waals surface area contributed by atoms with Crippen LogP contribution in [0, 0.1) is 0 Å². The van der Waals surface area contributed by atoms with E-state index in [0.717, 1.165) is 112 Å². The van der Waals surface area contributed by atoms with E-state index in [1.54, 1.807) is 0 Å². The van der Waals surface area contributed by atoms with Crippen LogP contribution in [-0.4, -0.2) is 125 Å². The molecule has 12 heteroatoms. The van der Waals surface area contributed by atoms with Gasteiger partial charge in [-0.05, 0) is 200 Å². The quantitative estimate of drug-likeness (QED) is 0.0682. The zero-order chi connectivity index (χ0) is 66.9. The van der Waals surface area contributed by atoms with Gasteiger partial charge in [0.05, 0.1) is 11.1 Å². The first-order chi connectivity index (χ1) is 44.9. The van der Waals surface area contributed by atoms with Gasteiger partial charge in [-0.15, -0.1) is 0 Å². The lowest BCUT2D eigenvalue weighted by atomic mass is 9.79. The number of fused-ring (bicyclic) bond motifs is 2. The topological polar surface area (TPSA) is 78.5 Å². The molecule has 0 N–H and O–H groups in total. The third kappa shape index (κ3) is 13.2. The number of benzene rings is 9. The lowest BCUT2D eigenvalue weighted by molar-refractivity contribution is 0.0295. The fraction of sp³-hybridized carbons (Fsp3) is 0.220. The normalized spacial score (nSPS) is 13.1. The monoisotopic (exact) mass is 1250 g/mol. The van der Waals surface area contributed by atoms with E-state index in [-0.39, 0.29) is 0 Å². The Hall–Kier alpha value is -10.7. The van der Waals surface area contributed by atoms with E-state index in [1.165, 1.54) is 0 Å².